The van der Waals surface area contributed by atoms with Crippen molar-refractivity contribution in [1.29, 1.82) is 0 Å². The summed E-state index contributed by atoms with van der Waals surface area (Å²) < 4.78 is 1.97. The van der Waals surface area contributed by atoms with E-state index in [1.807, 2.05) is 4.57 Å². The zero-order valence-electron chi connectivity index (χ0n) is 14.7. The Morgan fingerprint density at radius 3 is 2.56 bits per heavy atom. The van der Waals surface area contributed by atoms with Crippen LogP contribution < -0.4 is 11.0 Å². The molecule has 1 aromatic rings. The zero-order valence-corrected chi connectivity index (χ0v) is 14.7. The van der Waals surface area contributed by atoms with Crippen LogP contribution >= 0.6 is 0 Å². The predicted molar refractivity (Wildman–Crippen MR) is 94.1 cm³/mol. The van der Waals surface area contributed by atoms with E-state index in [1.165, 1.54) is 12.8 Å². The minimum atomic E-state index is -0.0400. The fourth-order valence-electron chi connectivity index (χ4n) is 3.84. The van der Waals surface area contributed by atoms with Gasteiger partial charge in [0, 0.05) is 18.2 Å². The van der Waals surface area contributed by atoms with Crippen molar-refractivity contribution in [3.63, 3.8) is 0 Å². The maximum Gasteiger partial charge on any atom is 0.295 e. The molecule has 0 aromatic carbocycles. The van der Waals surface area contributed by atoms with Crippen LogP contribution in [0.4, 0.5) is 5.82 Å². The minimum absolute atomic E-state index is 0.0400. The van der Waals surface area contributed by atoms with E-state index in [2.05, 4.69) is 10.4 Å². The van der Waals surface area contributed by atoms with Gasteiger partial charge in [-0.1, -0.05) is 0 Å². The molecule has 0 atom stereocenters. The second-order valence-corrected chi connectivity index (χ2v) is 8.25. The van der Waals surface area contributed by atoms with Crippen LogP contribution in [0.1, 0.15) is 62.8 Å². The summed E-state index contributed by atoms with van der Waals surface area (Å²) in [6, 6.07) is 0.238. The number of nitrogens with zero attached hydrogens (tertiary/aromatic N) is 3. The summed E-state index contributed by atoms with van der Waals surface area (Å²) in [5.41, 5.74) is 5.31. The van der Waals surface area contributed by atoms with Gasteiger partial charge in [-0.2, -0.15) is 0 Å². The number of amides is 1. The second-order valence-electron chi connectivity index (χ2n) is 8.25. The molecule has 3 saturated carbocycles. The van der Waals surface area contributed by atoms with Crippen LogP contribution in [-0.2, 0) is 24.2 Å². The first kappa shape index (κ1) is 15.4. The molecule has 1 amide bonds. The standard InChI is InChI=1S/C19H26N4O2/c24-18(13-7-8-13)23(14-9-10-14)21-17-19(25)22(11-12-5-6-12)16-4-2-1-3-15(16)20-17/h12-14H,1-11H2,(H,20,21). The van der Waals surface area contributed by atoms with Gasteiger partial charge >= 0.3 is 0 Å². The molecule has 1 aromatic heterocycles. The maximum atomic E-state index is 13.1. The highest BCUT2D eigenvalue weighted by Crippen LogP contribution is 2.36. The van der Waals surface area contributed by atoms with Gasteiger partial charge in [-0.05, 0) is 70.1 Å². The van der Waals surface area contributed by atoms with Gasteiger partial charge in [-0.25, -0.2) is 4.98 Å². The second kappa shape index (κ2) is 5.85. The molecular weight excluding hydrogens is 316 g/mol. The molecule has 0 unspecified atom stereocenters. The molecule has 1 N–H and O–H groups in total. The third kappa shape index (κ3) is 3.07. The summed E-state index contributed by atoms with van der Waals surface area (Å²) in [5.74, 6) is 1.31. The lowest BCUT2D eigenvalue weighted by Crippen LogP contribution is -2.42. The highest BCUT2D eigenvalue weighted by atomic mass is 16.2. The van der Waals surface area contributed by atoms with Gasteiger partial charge in [-0.15, -0.1) is 0 Å². The number of carbonyl (C=O) groups excluding carboxylic acids is 1. The van der Waals surface area contributed by atoms with E-state index in [0.29, 0.717) is 11.7 Å². The first-order valence-electron chi connectivity index (χ1n) is 9.93. The number of hydrazine groups is 1. The van der Waals surface area contributed by atoms with E-state index in [9.17, 15) is 9.59 Å². The Morgan fingerprint density at radius 1 is 1.12 bits per heavy atom. The molecule has 0 radical (unpaired) electrons. The predicted octanol–water partition coefficient (Wildman–Crippen LogP) is 2.26. The molecule has 5 rings (SSSR count). The van der Waals surface area contributed by atoms with Gasteiger partial charge in [0.25, 0.3) is 5.56 Å². The average Bonchev–Trinajstić information content (AvgIpc) is 3.49. The number of carbonyl (C=O) groups is 1. The Morgan fingerprint density at radius 2 is 1.88 bits per heavy atom. The Balaban J connectivity index is 1.49. The van der Waals surface area contributed by atoms with Crippen LogP contribution in [0.2, 0.25) is 0 Å². The van der Waals surface area contributed by atoms with E-state index < -0.39 is 0 Å². The lowest BCUT2D eigenvalue weighted by molar-refractivity contribution is -0.131. The van der Waals surface area contributed by atoms with E-state index >= 15 is 0 Å². The van der Waals surface area contributed by atoms with Crippen LogP contribution in [-0.4, -0.2) is 26.5 Å². The molecule has 134 valence electrons. The molecule has 1 heterocycles. The third-order valence-corrected chi connectivity index (χ3v) is 5.87. The van der Waals surface area contributed by atoms with Crippen molar-refractivity contribution in [3.8, 4) is 0 Å². The number of aryl methyl sites for hydroxylation is 1. The van der Waals surface area contributed by atoms with Crippen LogP contribution in [0.25, 0.3) is 0 Å². The van der Waals surface area contributed by atoms with Crippen LogP contribution in [0.15, 0.2) is 4.79 Å². The smallest absolute Gasteiger partial charge is 0.295 e. The van der Waals surface area contributed by atoms with Crippen molar-refractivity contribution in [3.05, 3.63) is 21.7 Å². The van der Waals surface area contributed by atoms with Crippen LogP contribution in [0.3, 0.4) is 0 Å². The summed E-state index contributed by atoms with van der Waals surface area (Å²) in [6.45, 7) is 0.818. The molecule has 25 heavy (non-hydrogen) atoms. The first-order valence-corrected chi connectivity index (χ1v) is 9.93. The molecule has 6 heteroatoms. The molecule has 4 aliphatic rings. The van der Waals surface area contributed by atoms with E-state index in [0.717, 1.165) is 69.3 Å². The third-order valence-electron chi connectivity index (χ3n) is 5.87. The molecule has 0 saturated heterocycles. The molecule has 0 spiro atoms. The Bertz CT molecular complexity index is 759. The van der Waals surface area contributed by atoms with Gasteiger partial charge in [-0.3, -0.25) is 20.0 Å². The fourth-order valence-corrected chi connectivity index (χ4v) is 3.84. The zero-order chi connectivity index (χ0) is 17.0. The van der Waals surface area contributed by atoms with Crippen molar-refractivity contribution >= 4 is 11.7 Å². The Labute approximate surface area is 147 Å². The summed E-state index contributed by atoms with van der Waals surface area (Å²) >= 11 is 0. The SMILES string of the molecule is O=C(C1CC1)N(Nc1nc2c(n(CC3CC3)c1=O)CCCC2)C1CC1. The number of hydrogen-bond donors (Lipinski definition) is 1. The van der Waals surface area contributed by atoms with E-state index in [4.69, 9.17) is 0 Å². The lowest BCUT2D eigenvalue weighted by atomic mass is 10.00. The molecule has 0 aliphatic heterocycles. The van der Waals surface area contributed by atoms with Gasteiger partial charge in [0.1, 0.15) is 0 Å². The first-order chi connectivity index (χ1) is 12.2. The summed E-state index contributed by atoms with van der Waals surface area (Å²) in [5, 5.41) is 1.72. The lowest BCUT2D eigenvalue weighted by Gasteiger charge is -2.26. The normalized spacial score (nSPS) is 22.4. The van der Waals surface area contributed by atoms with Crippen LogP contribution in [0, 0.1) is 11.8 Å². The maximum absolute atomic E-state index is 13.1. The number of hydrogen-bond acceptors (Lipinski definition) is 4. The molecule has 0 bridgehead atoms. The van der Waals surface area contributed by atoms with E-state index in [1.54, 1.807) is 5.01 Å². The average molecular weight is 342 g/mol. The highest BCUT2D eigenvalue weighted by molar-refractivity contribution is 5.82. The van der Waals surface area contributed by atoms with Gasteiger partial charge in [0.2, 0.25) is 11.7 Å². The minimum Gasteiger partial charge on any atom is -0.307 e. The fraction of sp³-hybridized carbons (Fsp3) is 0.737. The number of rotatable bonds is 6. The van der Waals surface area contributed by atoms with E-state index in [-0.39, 0.29) is 23.4 Å². The number of fused-ring (bicyclic) bond motifs is 1. The summed E-state index contributed by atoms with van der Waals surface area (Å²) in [7, 11) is 0. The van der Waals surface area contributed by atoms with Crippen molar-refractivity contribution in [2.75, 3.05) is 5.43 Å². The number of aromatic nitrogens is 2. The summed E-state index contributed by atoms with van der Waals surface area (Å²) in [6.07, 6.45) is 10.6. The van der Waals surface area contributed by atoms with Gasteiger partial charge < -0.3 is 4.57 Å². The number of nitrogens with one attached hydrogen (secondary N) is 1. The van der Waals surface area contributed by atoms with Crippen molar-refractivity contribution in [2.45, 2.75) is 76.8 Å². The highest BCUT2D eigenvalue weighted by Gasteiger charge is 2.41. The molecule has 4 aliphatic carbocycles. The van der Waals surface area contributed by atoms with Crippen LogP contribution in [0.5, 0.6) is 0 Å². The molecule has 6 nitrogen and oxygen atoms in total. The molecule has 3 fully saturated rings. The quantitative estimate of drug-likeness (QED) is 0.805. The van der Waals surface area contributed by atoms with Gasteiger partial charge in [0.05, 0.1) is 11.7 Å². The van der Waals surface area contributed by atoms with Gasteiger partial charge in [0.15, 0.2) is 0 Å². The largest absolute Gasteiger partial charge is 0.307 e. The monoisotopic (exact) mass is 342 g/mol. The van der Waals surface area contributed by atoms with Crippen molar-refractivity contribution < 1.29 is 4.79 Å². The number of anilines is 1. The van der Waals surface area contributed by atoms with Crippen molar-refractivity contribution in [1.82, 2.24) is 14.6 Å². The Hall–Kier alpha value is -1.85. The van der Waals surface area contributed by atoms with Crippen molar-refractivity contribution in [2.24, 2.45) is 11.8 Å². The molecular formula is C19H26N4O2. The Kier molecular flexibility index (Phi) is 3.61. The summed E-state index contributed by atoms with van der Waals surface area (Å²) in [4.78, 5) is 30.4. The topological polar surface area (TPSA) is 67.2 Å².